The molecule has 0 bridgehead atoms. The van der Waals surface area contributed by atoms with E-state index in [1.165, 1.54) is 12.1 Å². The van der Waals surface area contributed by atoms with E-state index in [1.807, 2.05) is 36.4 Å². The summed E-state index contributed by atoms with van der Waals surface area (Å²) in [5, 5.41) is 9.48. The van der Waals surface area contributed by atoms with Gasteiger partial charge in [0.05, 0.1) is 18.8 Å². The summed E-state index contributed by atoms with van der Waals surface area (Å²) in [6, 6.07) is 20.1. The Labute approximate surface area is 198 Å². The van der Waals surface area contributed by atoms with E-state index >= 15 is 0 Å². The molecule has 3 rings (SSSR count). The van der Waals surface area contributed by atoms with Crippen molar-refractivity contribution in [3.05, 3.63) is 94.8 Å². The van der Waals surface area contributed by atoms with Gasteiger partial charge in [0.2, 0.25) is 0 Å². The van der Waals surface area contributed by atoms with Gasteiger partial charge in [-0.2, -0.15) is 5.26 Å². The molecule has 28 heavy (non-hydrogen) atoms. The van der Waals surface area contributed by atoms with Crippen LogP contribution in [0.5, 0.6) is 5.75 Å². The number of hydrogen-bond acceptors (Lipinski definition) is 2. The first kappa shape index (κ1) is 21.3. The van der Waals surface area contributed by atoms with E-state index < -0.39 is 0 Å². The summed E-state index contributed by atoms with van der Waals surface area (Å²) in [5.74, 6) is 0.449. The highest BCUT2D eigenvalue weighted by Gasteiger charge is 2.10. The molecule has 0 radical (unpaired) electrons. The van der Waals surface area contributed by atoms with Crippen LogP contribution in [0.15, 0.2) is 65.1 Å². The summed E-state index contributed by atoms with van der Waals surface area (Å²) in [6.07, 6.45) is 1.76. The third kappa shape index (κ3) is 5.55. The highest BCUT2D eigenvalue weighted by molar-refractivity contribution is 14.1. The summed E-state index contributed by atoms with van der Waals surface area (Å²) in [7, 11) is 0. The second-order valence-electron chi connectivity index (χ2n) is 5.91. The largest absolute Gasteiger partial charge is 0.487 e. The van der Waals surface area contributed by atoms with E-state index in [1.54, 1.807) is 18.2 Å². The van der Waals surface area contributed by atoms with Crippen LogP contribution in [0.1, 0.15) is 16.7 Å². The Balaban J connectivity index is 1.84. The quantitative estimate of drug-likeness (QED) is 0.162. The highest BCUT2D eigenvalue weighted by atomic mass is 127. The number of allylic oxidation sites excluding steroid dienone is 1. The van der Waals surface area contributed by atoms with Crippen molar-refractivity contribution in [3.63, 3.8) is 0 Å². The zero-order valence-corrected chi connectivity index (χ0v) is 20.3. The fraction of sp³-hybridized carbons (Fsp3) is 0.0455. The van der Waals surface area contributed by atoms with Gasteiger partial charge in [-0.15, -0.1) is 0 Å². The summed E-state index contributed by atoms with van der Waals surface area (Å²) in [6.45, 7) is 0.473. The first-order valence-corrected chi connectivity index (χ1v) is 11.2. The second kappa shape index (κ2) is 9.85. The van der Waals surface area contributed by atoms with Crippen LogP contribution in [0.3, 0.4) is 0 Å². The van der Waals surface area contributed by atoms with E-state index in [0.29, 0.717) is 17.7 Å². The predicted octanol–water partition coefficient (Wildman–Crippen LogP) is 7.44. The van der Waals surface area contributed by atoms with Crippen LogP contribution in [-0.2, 0) is 6.61 Å². The monoisotopic (exact) mass is 659 g/mol. The van der Waals surface area contributed by atoms with Crippen molar-refractivity contribution in [3.8, 4) is 11.8 Å². The molecule has 0 atom stereocenters. The number of rotatable bonds is 5. The van der Waals surface area contributed by atoms with Gasteiger partial charge in [0, 0.05) is 4.47 Å². The van der Waals surface area contributed by atoms with Crippen LogP contribution in [0.25, 0.3) is 11.6 Å². The van der Waals surface area contributed by atoms with Crippen molar-refractivity contribution in [1.29, 1.82) is 5.26 Å². The maximum Gasteiger partial charge on any atom is 0.146 e. The molecule has 0 unspecified atom stereocenters. The molecule has 3 aromatic rings. The molecular formula is C22H13BrFI2NO. The van der Waals surface area contributed by atoms with Crippen molar-refractivity contribution in [1.82, 2.24) is 0 Å². The van der Waals surface area contributed by atoms with Gasteiger partial charge >= 0.3 is 0 Å². The van der Waals surface area contributed by atoms with Gasteiger partial charge in [-0.05, 0) is 104 Å². The average molecular weight is 660 g/mol. The summed E-state index contributed by atoms with van der Waals surface area (Å²) in [4.78, 5) is 0. The van der Waals surface area contributed by atoms with Crippen molar-refractivity contribution < 1.29 is 9.13 Å². The molecule has 140 valence electrons. The van der Waals surface area contributed by atoms with E-state index in [0.717, 1.165) is 28.5 Å². The van der Waals surface area contributed by atoms with Crippen LogP contribution in [0, 0.1) is 24.3 Å². The van der Waals surface area contributed by atoms with Crippen molar-refractivity contribution in [2.75, 3.05) is 0 Å². The molecule has 0 saturated carbocycles. The predicted molar refractivity (Wildman–Crippen MR) is 130 cm³/mol. The Morgan fingerprint density at radius 1 is 1.07 bits per heavy atom. The molecule has 0 fully saturated rings. The van der Waals surface area contributed by atoms with Crippen LogP contribution in [0.2, 0.25) is 0 Å². The van der Waals surface area contributed by atoms with Crippen molar-refractivity contribution >= 4 is 72.8 Å². The topological polar surface area (TPSA) is 33.0 Å². The third-order valence-corrected chi connectivity index (χ3v) is 6.02. The first-order chi connectivity index (χ1) is 13.5. The molecule has 0 heterocycles. The molecule has 0 aliphatic carbocycles. The lowest BCUT2D eigenvalue weighted by Gasteiger charge is -2.12. The van der Waals surface area contributed by atoms with Gasteiger partial charge in [-0.1, -0.05) is 40.2 Å². The second-order valence-corrected chi connectivity index (χ2v) is 9.15. The van der Waals surface area contributed by atoms with Gasteiger partial charge in [-0.25, -0.2) is 4.39 Å². The molecule has 0 spiro atoms. The van der Waals surface area contributed by atoms with Crippen LogP contribution >= 0.6 is 61.1 Å². The highest BCUT2D eigenvalue weighted by Crippen LogP contribution is 2.31. The van der Waals surface area contributed by atoms with Crippen molar-refractivity contribution in [2.45, 2.75) is 6.61 Å². The number of nitrogens with zero attached hydrogens (tertiary/aromatic N) is 1. The van der Waals surface area contributed by atoms with E-state index in [4.69, 9.17) is 4.74 Å². The maximum atomic E-state index is 13.5. The lowest BCUT2D eigenvalue weighted by atomic mass is 10.0. The Kier molecular flexibility index (Phi) is 7.48. The molecule has 6 heteroatoms. The maximum absolute atomic E-state index is 13.5. The van der Waals surface area contributed by atoms with E-state index in [-0.39, 0.29) is 5.82 Å². The number of hydrogen-bond donors (Lipinski definition) is 0. The molecule has 0 saturated heterocycles. The summed E-state index contributed by atoms with van der Waals surface area (Å²) in [5.41, 5.74) is 2.92. The Bertz CT molecular complexity index is 1050. The van der Waals surface area contributed by atoms with Crippen LogP contribution in [-0.4, -0.2) is 0 Å². The molecule has 2 nitrogen and oxygen atoms in total. The normalized spacial score (nSPS) is 11.2. The van der Waals surface area contributed by atoms with Gasteiger partial charge in [-0.3, -0.25) is 0 Å². The van der Waals surface area contributed by atoms with Gasteiger partial charge < -0.3 is 4.74 Å². The Hall–Kier alpha value is -1.44. The zero-order valence-electron chi connectivity index (χ0n) is 14.4. The molecule has 0 N–H and O–H groups in total. The van der Waals surface area contributed by atoms with E-state index in [9.17, 15) is 9.65 Å². The van der Waals surface area contributed by atoms with Crippen LogP contribution in [0.4, 0.5) is 4.39 Å². The summed E-state index contributed by atoms with van der Waals surface area (Å²) < 4.78 is 22.4. The lowest BCUT2D eigenvalue weighted by molar-refractivity contribution is 0.301. The first-order valence-electron chi connectivity index (χ1n) is 8.20. The average Bonchev–Trinajstić information content (AvgIpc) is 2.67. The van der Waals surface area contributed by atoms with Crippen LogP contribution < -0.4 is 4.74 Å². The third-order valence-electron chi connectivity index (χ3n) is 3.88. The number of benzene rings is 3. The standard InChI is InChI=1S/C22H13BrFI2NO/c23-18-6-4-14(5-7-18)13-28-22-20(25)9-15(10-21(22)26)8-17(12-27)16-2-1-3-19(24)11-16/h1-11H,13H2/b17-8-. The minimum Gasteiger partial charge on any atom is -0.487 e. The van der Waals surface area contributed by atoms with Gasteiger partial charge in [0.25, 0.3) is 0 Å². The smallest absolute Gasteiger partial charge is 0.146 e. The molecule has 3 aromatic carbocycles. The fourth-order valence-electron chi connectivity index (χ4n) is 2.54. The molecule has 0 aromatic heterocycles. The number of halogens is 4. The zero-order chi connectivity index (χ0) is 20.1. The molecule has 0 aliphatic rings. The minimum absolute atomic E-state index is 0.362. The Morgan fingerprint density at radius 2 is 1.75 bits per heavy atom. The minimum atomic E-state index is -0.362. The van der Waals surface area contributed by atoms with Gasteiger partial charge in [0.15, 0.2) is 0 Å². The number of ether oxygens (including phenoxy) is 1. The Morgan fingerprint density at radius 3 is 2.36 bits per heavy atom. The van der Waals surface area contributed by atoms with Crippen molar-refractivity contribution in [2.24, 2.45) is 0 Å². The van der Waals surface area contributed by atoms with E-state index in [2.05, 4.69) is 67.2 Å². The van der Waals surface area contributed by atoms with Gasteiger partial charge in [0.1, 0.15) is 18.2 Å². The molecule has 0 amide bonds. The SMILES string of the molecule is N#C/C(=C/c1cc(I)c(OCc2ccc(Br)cc2)c(I)c1)c1cccc(F)c1. The molecular weight excluding hydrogens is 647 g/mol. The molecule has 0 aliphatic heterocycles. The fourth-order valence-corrected chi connectivity index (χ4v) is 4.93. The summed E-state index contributed by atoms with van der Waals surface area (Å²) >= 11 is 7.88. The number of nitriles is 1. The lowest BCUT2D eigenvalue weighted by Crippen LogP contribution is -1.99.